The van der Waals surface area contributed by atoms with E-state index in [2.05, 4.69) is 19.9 Å². The van der Waals surface area contributed by atoms with Crippen LogP contribution in [0.25, 0.3) is 22.3 Å². The molecule has 5 rings (SSSR count). The van der Waals surface area contributed by atoms with Crippen LogP contribution in [0.3, 0.4) is 0 Å². The Kier molecular flexibility index (Phi) is 3.19. The summed E-state index contributed by atoms with van der Waals surface area (Å²) in [5, 5.41) is 0. The van der Waals surface area contributed by atoms with Crippen LogP contribution in [0.1, 0.15) is 24.7 Å². The average molecular weight is 334 g/mol. The maximum atomic E-state index is 5.98. The minimum atomic E-state index is 0.256. The number of rotatable bonds is 2. The molecule has 0 aliphatic carbocycles. The van der Waals surface area contributed by atoms with Crippen LogP contribution in [0.4, 0.5) is 5.95 Å². The molecule has 0 spiro atoms. The molecule has 1 aliphatic rings. The van der Waals surface area contributed by atoms with Gasteiger partial charge < -0.3 is 13.9 Å². The lowest BCUT2D eigenvalue weighted by atomic mass is 9.98. The van der Waals surface area contributed by atoms with Crippen molar-refractivity contribution in [3.05, 3.63) is 42.7 Å². The molecule has 25 heavy (non-hydrogen) atoms. The van der Waals surface area contributed by atoms with Crippen LogP contribution in [0, 0.1) is 0 Å². The number of fused-ring (bicyclic) bond motifs is 2. The second-order valence-electron chi connectivity index (χ2n) is 6.54. The molecule has 0 N–H and O–H groups in total. The lowest BCUT2D eigenvalue weighted by molar-refractivity contribution is 0.411. The Morgan fingerprint density at radius 3 is 2.96 bits per heavy atom. The van der Waals surface area contributed by atoms with E-state index in [0.717, 1.165) is 60.0 Å². The number of oxazole rings is 1. The van der Waals surface area contributed by atoms with Crippen LogP contribution in [0.5, 0.6) is 0 Å². The summed E-state index contributed by atoms with van der Waals surface area (Å²) in [6, 6.07) is 7.91. The molecular formula is C18H18N6O. The van der Waals surface area contributed by atoms with E-state index in [1.165, 1.54) is 0 Å². The van der Waals surface area contributed by atoms with Gasteiger partial charge in [-0.25, -0.2) is 15.0 Å². The molecule has 1 unspecified atom stereocenters. The zero-order valence-corrected chi connectivity index (χ0v) is 14.0. The molecule has 0 amide bonds. The van der Waals surface area contributed by atoms with Crippen molar-refractivity contribution in [1.82, 2.24) is 24.5 Å². The van der Waals surface area contributed by atoms with E-state index in [4.69, 9.17) is 9.40 Å². The Hall–Kier alpha value is -2.96. The average Bonchev–Trinajstić information content (AvgIpc) is 3.25. The third-order valence-electron chi connectivity index (χ3n) is 4.81. The highest BCUT2D eigenvalue weighted by atomic mass is 16.3. The number of benzene rings is 1. The van der Waals surface area contributed by atoms with Gasteiger partial charge in [0.25, 0.3) is 0 Å². The monoisotopic (exact) mass is 334 g/mol. The van der Waals surface area contributed by atoms with Gasteiger partial charge in [-0.2, -0.15) is 4.98 Å². The van der Waals surface area contributed by atoms with Crippen LogP contribution in [0.2, 0.25) is 0 Å². The molecule has 1 aliphatic heterocycles. The smallest absolute Gasteiger partial charge is 0.227 e. The standard InChI is InChI=1S/C18H18N6O/c1-23-11-20-14-9-19-18(22-16(14)23)24-8-4-5-12(10-24)17-21-13-6-2-3-7-15(13)25-17/h2-3,6-7,9,11-12H,4-5,8,10H2,1H3. The molecule has 1 aromatic carbocycles. The van der Waals surface area contributed by atoms with Crippen molar-refractivity contribution in [1.29, 1.82) is 0 Å². The van der Waals surface area contributed by atoms with Gasteiger partial charge in [0.1, 0.15) is 11.0 Å². The zero-order chi connectivity index (χ0) is 16.8. The molecule has 3 aromatic heterocycles. The highest BCUT2D eigenvalue weighted by Crippen LogP contribution is 2.30. The Balaban J connectivity index is 1.45. The third-order valence-corrected chi connectivity index (χ3v) is 4.81. The largest absolute Gasteiger partial charge is 0.440 e. The summed E-state index contributed by atoms with van der Waals surface area (Å²) in [4.78, 5) is 20.4. The first kappa shape index (κ1) is 14.4. The van der Waals surface area contributed by atoms with Gasteiger partial charge in [0, 0.05) is 20.1 Å². The number of para-hydroxylation sites is 2. The molecule has 0 saturated carbocycles. The van der Waals surface area contributed by atoms with E-state index >= 15 is 0 Å². The SMILES string of the molecule is Cn1cnc2cnc(N3CCCC(c4nc5ccccc5o4)C3)nc21. The molecule has 4 heterocycles. The number of imidazole rings is 1. The van der Waals surface area contributed by atoms with Crippen LogP contribution >= 0.6 is 0 Å². The van der Waals surface area contributed by atoms with E-state index in [0.29, 0.717) is 0 Å². The van der Waals surface area contributed by atoms with Crippen molar-refractivity contribution in [3.8, 4) is 0 Å². The molecule has 4 aromatic rings. The van der Waals surface area contributed by atoms with Crippen molar-refractivity contribution >= 4 is 28.2 Å². The fraction of sp³-hybridized carbons (Fsp3) is 0.333. The Bertz CT molecular complexity index is 1020. The lowest BCUT2D eigenvalue weighted by Crippen LogP contribution is -2.35. The zero-order valence-electron chi connectivity index (χ0n) is 14.0. The summed E-state index contributed by atoms with van der Waals surface area (Å²) < 4.78 is 7.90. The van der Waals surface area contributed by atoms with Gasteiger partial charge in [0.15, 0.2) is 17.1 Å². The minimum absolute atomic E-state index is 0.256. The number of hydrogen-bond acceptors (Lipinski definition) is 6. The fourth-order valence-electron chi connectivity index (χ4n) is 3.49. The highest BCUT2D eigenvalue weighted by Gasteiger charge is 2.27. The summed E-state index contributed by atoms with van der Waals surface area (Å²) in [5.74, 6) is 1.82. The Morgan fingerprint density at radius 2 is 2.04 bits per heavy atom. The van der Waals surface area contributed by atoms with E-state index in [-0.39, 0.29) is 5.92 Å². The fourth-order valence-corrected chi connectivity index (χ4v) is 3.49. The Labute approximate surface area is 144 Å². The van der Waals surface area contributed by atoms with Crippen LogP contribution in [-0.4, -0.2) is 37.6 Å². The van der Waals surface area contributed by atoms with Crippen molar-refractivity contribution in [3.63, 3.8) is 0 Å². The van der Waals surface area contributed by atoms with E-state index < -0.39 is 0 Å². The predicted octanol–water partition coefficient (Wildman–Crippen LogP) is 2.89. The maximum Gasteiger partial charge on any atom is 0.227 e. The molecule has 7 heteroatoms. The van der Waals surface area contributed by atoms with E-state index in [9.17, 15) is 0 Å². The lowest BCUT2D eigenvalue weighted by Gasteiger charge is -2.31. The minimum Gasteiger partial charge on any atom is -0.440 e. The maximum absolute atomic E-state index is 5.98. The number of aryl methyl sites for hydroxylation is 1. The van der Waals surface area contributed by atoms with Crippen LogP contribution in [0.15, 0.2) is 41.2 Å². The molecule has 1 saturated heterocycles. The van der Waals surface area contributed by atoms with Gasteiger partial charge in [0.05, 0.1) is 18.4 Å². The Morgan fingerprint density at radius 1 is 1.12 bits per heavy atom. The van der Waals surface area contributed by atoms with Crippen molar-refractivity contribution in [2.75, 3.05) is 18.0 Å². The molecule has 126 valence electrons. The van der Waals surface area contributed by atoms with Crippen molar-refractivity contribution in [2.45, 2.75) is 18.8 Å². The molecule has 0 bridgehead atoms. The first-order chi connectivity index (χ1) is 12.3. The van der Waals surface area contributed by atoms with Crippen molar-refractivity contribution in [2.24, 2.45) is 7.05 Å². The molecule has 1 atom stereocenters. The van der Waals surface area contributed by atoms with Gasteiger partial charge in [-0.3, -0.25) is 0 Å². The van der Waals surface area contributed by atoms with Crippen LogP contribution in [-0.2, 0) is 7.05 Å². The summed E-state index contributed by atoms with van der Waals surface area (Å²) in [6.07, 6.45) is 5.69. The molecule has 0 radical (unpaired) electrons. The summed E-state index contributed by atoms with van der Waals surface area (Å²) >= 11 is 0. The highest BCUT2D eigenvalue weighted by molar-refractivity contribution is 5.72. The van der Waals surface area contributed by atoms with Gasteiger partial charge in [-0.1, -0.05) is 12.1 Å². The van der Waals surface area contributed by atoms with Gasteiger partial charge in [-0.15, -0.1) is 0 Å². The summed E-state index contributed by atoms with van der Waals surface area (Å²) in [6.45, 7) is 1.76. The molecule has 7 nitrogen and oxygen atoms in total. The molecule has 1 fully saturated rings. The van der Waals surface area contributed by atoms with Gasteiger partial charge in [-0.05, 0) is 25.0 Å². The quantitative estimate of drug-likeness (QED) is 0.561. The van der Waals surface area contributed by atoms with E-state index in [1.54, 1.807) is 12.5 Å². The first-order valence-corrected chi connectivity index (χ1v) is 8.52. The summed E-state index contributed by atoms with van der Waals surface area (Å²) in [7, 11) is 1.95. The first-order valence-electron chi connectivity index (χ1n) is 8.52. The topological polar surface area (TPSA) is 72.9 Å². The number of aromatic nitrogens is 5. The number of hydrogen-bond donors (Lipinski definition) is 0. The second-order valence-corrected chi connectivity index (χ2v) is 6.54. The predicted molar refractivity (Wildman–Crippen MR) is 94.5 cm³/mol. The van der Waals surface area contributed by atoms with Gasteiger partial charge in [0.2, 0.25) is 5.95 Å². The number of piperidine rings is 1. The summed E-state index contributed by atoms with van der Waals surface area (Å²) in [5.41, 5.74) is 3.44. The van der Waals surface area contributed by atoms with Crippen LogP contribution < -0.4 is 4.90 Å². The van der Waals surface area contributed by atoms with Crippen molar-refractivity contribution < 1.29 is 4.42 Å². The van der Waals surface area contributed by atoms with Gasteiger partial charge >= 0.3 is 0 Å². The second kappa shape index (κ2) is 5.54. The van der Waals surface area contributed by atoms with E-state index in [1.807, 2.05) is 35.9 Å². The third kappa shape index (κ3) is 2.43. The number of nitrogens with zero attached hydrogens (tertiary/aromatic N) is 6. The number of anilines is 1. The molecular weight excluding hydrogens is 316 g/mol. The normalized spacial score (nSPS) is 18.3.